The number of nitrogens with one attached hydrogen (secondary N) is 1. The van der Waals surface area contributed by atoms with Crippen LogP contribution in [0.25, 0.3) is 0 Å². The summed E-state index contributed by atoms with van der Waals surface area (Å²) in [5.41, 5.74) is -0.612. The van der Waals surface area contributed by atoms with Crippen molar-refractivity contribution in [3.8, 4) is 0 Å². The SMILES string of the molecule is CCOC(C)CNC(=O)c1cc(S(=O)(=O)Cl)c(F)cc1F. The average molecular weight is 342 g/mol. The van der Waals surface area contributed by atoms with Crippen molar-refractivity contribution in [2.75, 3.05) is 13.2 Å². The second-order valence-corrected chi connectivity index (χ2v) is 6.71. The molecule has 118 valence electrons. The van der Waals surface area contributed by atoms with E-state index in [1.807, 2.05) is 0 Å². The lowest BCUT2D eigenvalue weighted by Crippen LogP contribution is -2.32. The van der Waals surface area contributed by atoms with Crippen molar-refractivity contribution in [1.29, 1.82) is 0 Å². The zero-order valence-electron chi connectivity index (χ0n) is 11.3. The molecule has 1 atom stereocenters. The van der Waals surface area contributed by atoms with Crippen molar-refractivity contribution in [3.63, 3.8) is 0 Å². The Morgan fingerprint density at radius 1 is 1.38 bits per heavy atom. The molecule has 1 N–H and O–H groups in total. The number of benzene rings is 1. The molecule has 9 heteroatoms. The Balaban J connectivity index is 3.00. The number of amides is 1. The maximum atomic E-state index is 13.6. The van der Waals surface area contributed by atoms with E-state index in [0.717, 1.165) is 0 Å². The second kappa shape index (κ2) is 7.15. The maximum absolute atomic E-state index is 13.6. The fourth-order valence-corrected chi connectivity index (χ4v) is 2.47. The maximum Gasteiger partial charge on any atom is 0.264 e. The van der Waals surface area contributed by atoms with Crippen LogP contribution in [0.5, 0.6) is 0 Å². The van der Waals surface area contributed by atoms with Gasteiger partial charge < -0.3 is 10.1 Å². The predicted octanol–water partition coefficient (Wildman–Crippen LogP) is 2.05. The molecule has 1 aromatic rings. The number of hydrogen-bond acceptors (Lipinski definition) is 4. The van der Waals surface area contributed by atoms with Gasteiger partial charge in [0.05, 0.1) is 11.7 Å². The largest absolute Gasteiger partial charge is 0.377 e. The van der Waals surface area contributed by atoms with Gasteiger partial charge in [0.15, 0.2) is 0 Å². The Labute approximate surface area is 125 Å². The first-order valence-electron chi connectivity index (χ1n) is 6.00. The van der Waals surface area contributed by atoms with Crippen molar-refractivity contribution < 1.29 is 26.7 Å². The lowest BCUT2D eigenvalue weighted by atomic mass is 10.2. The van der Waals surface area contributed by atoms with Gasteiger partial charge >= 0.3 is 0 Å². The van der Waals surface area contributed by atoms with Crippen LogP contribution >= 0.6 is 10.7 Å². The Morgan fingerprint density at radius 2 is 2.00 bits per heavy atom. The molecule has 0 spiro atoms. The van der Waals surface area contributed by atoms with Crippen LogP contribution in [-0.4, -0.2) is 33.6 Å². The number of carbonyl (C=O) groups is 1. The van der Waals surface area contributed by atoms with E-state index in [4.69, 9.17) is 15.4 Å². The fraction of sp³-hybridized carbons (Fsp3) is 0.417. The van der Waals surface area contributed by atoms with Crippen LogP contribution in [0.2, 0.25) is 0 Å². The van der Waals surface area contributed by atoms with E-state index < -0.39 is 37.1 Å². The fourth-order valence-electron chi connectivity index (χ4n) is 1.57. The van der Waals surface area contributed by atoms with Crippen molar-refractivity contribution in [3.05, 3.63) is 29.3 Å². The molecular weight excluding hydrogens is 328 g/mol. The standard InChI is InChI=1S/C12H14ClF2NO4S/c1-3-20-7(2)6-16-12(17)8-4-11(21(13,18)19)10(15)5-9(8)14/h4-5,7H,3,6H2,1-2H3,(H,16,17). The van der Waals surface area contributed by atoms with Crippen molar-refractivity contribution in [1.82, 2.24) is 5.32 Å². The summed E-state index contributed by atoms with van der Waals surface area (Å²) in [6.45, 7) is 4.00. The summed E-state index contributed by atoms with van der Waals surface area (Å²) < 4.78 is 54.4. The summed E-state index contributed by atoms with van der Waals surface area (Å²) in [4.78, 5) is 10.8. The average Bonchev–Trinajstić information content (AvgIpc) is 2.34. The van der Waals surface area contributed by atoms with E-state index >= 15 is 0 Å². The lowest BCUT2D eigenvalue weighted by Gasteiger charge is -2.13. The molecule has 0 aliphatic carbocycles. The third kappa shape index (κ3) is 4.90. The van der Waals surface area contributed by atoms with Crippen LogP contribution in [-0.2, 0) is 13.8 Å². The number of halogens is 3. The first-order valence-corrected chi connectivity index (χ1v) is 8.31. The van der Waals surface area contributed by atoms with Gasteiger partial charge in [0, 0.05) is 29.9 Å². The number of hydrogen-bond donors (Lipinski definition) is 1. The van der Waals surface area contributed by atoms with Gasteiger partial charge in [0.1, 0.15) is 16.5 Å². The molecule has 0 radical (unpaired) electrons. The van der Waals surface area contributed by atoms with Gasteiger partial charge in [-0.2, -0.15) is 0 Å². The lowest BCUT2D eigenvalue weighted by molar-refractivity contribution is 0.0693. The van der Waals surface area contributed by atoms with Gasteiger partial charge in [0.2, 0.25) is 0 Å². The van der Waals surface area contributed by atoms with Crippen molar-refractivity contribution in [2.24, 2.45) is 0 Å². The molecule has 0 heterocycles. The normalized spacial score (nSPS) is 13.0. The summed E-state index contributed by atoms with van der Waals surface area (Å²) in [6, 6.07) is 0.865. The quantitative estimate of drug-likeness (QED) is 0.804. The summed E-state index contributed by atoms with van der Waals surface area (Å²) in [7, 11) is 0.599. The zero-order valence-corrected chi connectivity index (χ0v) is 12.9. The van der Waals surface area contributed by atoms with Gasteiger partial charge in [-0.25, -0.2) is 17.2 Å². The van der Waals surface area contributed by atoms with Gasteiger partial charge in [-0.3, -0.25) is 4.79 Å². The molecule has 0 bridgehead atoms. The van der Waals surface area contributed by atoms with Crippen LogP contribution in [0.15, 0.2) is 17.0 Å². The monoisotopic (exact) mass is 341 g/mol. The van der Waals surface area contributed by atoms with E-state index in [-0.39, 0.29) is 12.6 Å². The predicted molar refractivity (Wildman–Crippen MR) is 72.8 cm³/mol. The van der Waals surface area contributed by atoms with Crippen LogP contribution in [0, 0.1) is 11.6 Å². The minimum Gasteiger partial charge on any atom is -0.377 e. The number of rotatable bonds is 6. The van der Waals surface area contributed by atoms with E-state index in [2.05, 4.69) is 5.32 Å². The van der Waals surface area contributed by atoms with Crippen LogP contribution < -0.4 is 5.32 Å². The zero-order chi connectivity index (χ0) is 16.2. The molecule has 5 nitrogen and oxygen atoms in total. The third-order valence-corrected chi connectivity index (χ3v) is 3.87. The Kier molecular flexibility index (Phi) is 6.06. The highest BCUT2D eigenvalue weighted by Gasteiger charge is 2.22. The molecule has 21 heavy (non-hydrogen) atoms. The van der Waals surface area contributed by atoms with E-state index in [1.165, 1.54) is 0 Å². The topological polar surface area (TPSA) is 72.5 Å². The summed E-state index contributed by atoms with van der Waals surface area (Å²) in [6.07, 6.45) is -0.307. The van der Waals surface area contributed by atoms with Crippen LogP contribution in [0.3, 0.4) is 0 Å². The number of ether oxygens (including phenoxy) is 1. The Bertz CT molecular complexity index is 636. The highest BCUT2D eigenvalue weighted by molar-refractivity contribution is 8.13. The minimum atomic E-state index is -4.42. The van der Waals surface area contributed by atoms with E-state index in [1.54, 1.807) is 13.8 Å². The van der Waals surface area contributed by atoms with Crippen LogP contribution in [0.1, 0.15) is 24.2 Å². The highest BCUT2D eigenvalue weighted by atomic mass is 35.7. The third-order valence-electron chi connectivity index (χ3n) is 2.53. The van der Waals surface area contributed by atoms with E-state index in [0.29, 0.717) is 18.7 Å². The van der Waals surface area contributed by atoms with Crippen molar-refractivity contribution in [2.45, 2.75) is 24.8 Å². The summed E-state index contributed by atoms with van der Waals surface area (Å²) in [5.74, 6) is -3.43. The van der Waals surface area contributed by atoms with Gasteiger partial charge in [-0.1, -0.05) is 0 Å². The highest BCUT2D eigenvalue weighted by Crippen LogP contribution is 2.22. The Hall–Kier alpha value is -1.25. The van der Waals surface area contributed by atoms with Gasteiger partial charge in [-0.15, -0.1) is 0 Å². The molecule has 1 unspecified atom stereocenters. The molecule has 0 aromatic heterocycles. The van der Waals surface area contributed by atoms with E-state index in [9.17, 15) is 22.0 Å². The van der Waals surface area contributed by atoms with Crippen molar-refractivity contribution >= 4 is 25.6 Å². The molecule has 0 saturated heterocycles. The van der Waals surface area contributed by atoms with Gasteiger partial charge in [0.25, 0.3) is 15.0 Å². The summed E-state index contributed by atoms with van der Waals surface area (Å²) in [5, 5.41) is 2.36. The Morgan fingerprint density at radius 3 is 2.52 bits per heavy atom. The molecule has 0 aliphatic rings. The molecule has 0 aliphatic heterocycles. The molecule has 1 rings (SSSR count). The molecular formula is C12H14ClF2NO4S. The molecule has 0 fully saturated rings. The first kappa shape index (κ1) is 17.8. The summed E-state index contributed by atoms with van der Waals surface area (Å²) >= 11 is 0. The second-order valence-electron chi connectivity index (χ2n) is 4.18. The van der Waals surface area contributed by atoms with Gasteiger partial charge in [-0.05, 0) is 19.9 Å². The first-order chi connectivity index (χ1) is 9.66. The number of carbonyl (C=O) groups excluding carboxylic acids is 1. The molecule has 1 amide bonds. The smallest absolute Gasteiger partial charge is 0.264 e. The molecule has 1 aromatic carbocycles. The minimum absolute atomic E-state index is 0.0897. The van der Waals surface area contributed by atoms with Crippen LogP contribution in [0.4, 0.5) is 8.78 Å². The molecule has 0 saturated carbocycles.